The minimum Gasteiger partial charge on any atom is -0.369 e. The SMILES string of the molecule is CCCCC1(CCCC)N=C(N)N(CCCCNSC)C1=O. The van der Waals surface area contributed by atoms with Crippen molar-refractivity contribution >= 4 is 23.8 Å². The minimum atomic E-state index is -0.576. The summed E-state index contributed by atoms with van der Waals surface area (Å²) in [5.41, 5.74) is 5.49. The van der Waals surface area contributed by atoms with Gasteiger partial charge >= 0.3 is 0 Å². The van der Waals surface area contributed by atoms with Crippen molar-refractivity contribution in [2.24, 2.45) is 10.7 Å². The zero-order valence-corrected chi connectivity index (χ0v) is 15.2. The Morgan fingerprint density at radius 2 is 1.82 bits per heavy atom. The summed E-state index contributed by atoms with van der Waals surface area (Å²) in [7, 11) is 0. The third-order valence-electron chi connectivity index (χ3n) is 4.19. The second-order valence-corrected chi connectivity index (χ2v) is 6.67. The number of aliphatic imine (C=N–C) groups is 1. The summed E-state index contributed by atoms with van der Waals surface area (Å²) in [6, 6.07) is 0. The van der Waals surface area contributed by atoms with E-state index in [2.05, 4.69) is 23.6 Å². The van der Waals surface area contributed by atoms with Crippen molar-refractivity contribution in [3.05, 3.63) is 0 Å². The van der Waals surface area contributed by atoms with Crippen molar-refractivity contribution in [2.45, 2.75) is 70.8 Å². The number of nitrogens with zero attached hydrogens (tertiary/aromatic N) is 2. The zero-order valence-electron chi connectivity index (χ0n) is 14.4. The van der Waals surface area contributed by atoms with E-state index in [9.17, 15) is 4.79 Å². The van der Waals surface area contributed by atoms with Crippen molar-refractivity contribution < 1.29 is 4.79 Å². The third kappa shape index (κ3) is 5.16. The molecular formula is C16H32N4OS. The smallest absolute Gasteiger partial charge is 0.257 e. The first-order chi connectivity index (χ1) is 10.6. The Morgan fingerprint density at radius 3 is 2.36 bits per heavy atom. The fourth-order valence-electron chi connectivity index (χ4n) is 2.86. The van der Waals surface area contributed by atoms with E-state index in [1.54, 1.807) is 16.8 Å². The Bertz CT molecular complexity index is 365. The summed E-state index contributed by atoms with van der Waals surface area (Å²) in [6.07, 6.45) is 9.87. The lowest BCUT2D eigenvalue weighted by Crippen LogP contribution is -2.44. The number of carbonyl (C=O) groups excluding carboxylic acids is 1. The van der Waals surface area contributed by atoms with Gasteiger partial charge in [-0.2, -0.15) is 0 Å². The van der Waals surface area contributed by atoms with Gasteiger partial charge in [0.05, 0.1) is 0 Å². The molecule has 1 heterocycles. The fourth-order valence-corrected chi connectivity index (χ4v) is 3.21. The van der Waals surface area contributed by atoms with E-state index >= 15 is 0 Å². The number of hydrogen-bond donors (Lipinski definition) is 2. The van der Waals surface area contributed by atoms with E-state index in [4.69, 9.17) is 5.73 Å². The molecule has 0 unspecified atom stereocenters. The Balaban J connectivity index is 2.63. The van der Waals surface area contributed by atoms with Gasteiger partial charge in [0.15, 0.2) is 5.96 Å². The predicted octanol–water partition coefficient (Wildman–Crippen LogP) is 2.91. The van der Waals surface area contributed by atoms with Crippen LogP contribution >= 0.6 is 11.9 Å². The highest BCUT2D eigenvalue weighted by atomic mass is 32.2. The normalized spacial score (nSPS) is 17.1. The maximum atomic E-state index is 12.9. The molecule has 0 aromatic heterocycles. The molecule has 0 atom stereocenters. The topological polar surface area (TPSA) is 70.7 Å². The molecule has 1 amide bonds. The molecule has 5 nitrogen and oxygen atoms in total. The van der Waals surface area contributed by atoms with Gasteiger partial charge in [0.25, 0.3) is 5.91 Å². The first-order valence-corrected chi connectivity index (χ1v) is 9.77. The monoisotopic (exact) mass is 328 g/mol. The number of nitrogens with two attached hydrogens (primary N) is 1. The average Bonchev–Trinajstić information content (AvgIpc) is 2.75. The zero-order chi connectivity index (χ0) is 16.4. The molecular weight excluding hydrogens is 296 g/mol. The van der Waals surface area contributed by atoms with Crippen LogP contribution in [0.15, 0.2) is 4.99 Å². The summed E-state index contributed by atoms with van der Waals surface area (Å²) < 4.78 is 3.22. The molecule has 0 fully saturated rings. The molecule has 0 aliphatic carbocycles. The third-order valence-corrected chi connectivity index (χ3v) is 4.68. The highest BCUT2D eigenvalue weighted by molar-refractivity contribution is 7.96. The van der Waals surface area contributed by atoms with E-state index in [-0.39, 0.29) is 5.91 Å². The molecule has 128 valence electrons. The lowest BCUT2D eigenvalue weighted by molar-refractivity contribution is -0.131. The molecule has 6 heteroatoms. The fraction of sp³-hybridized carbons (Fsp3) is 0.875. The van der Waals surface area contributed by atoms with Gasteiger partial charge in [-0.15, -0.1) is 0 Å². The van der Waals surface area contributed by atoms with Crippen LogP contribution in [0.1, 0.15) is 65.2 Å². The number of unbranched alkanes of at least 4 members (excludes halogenated alkanes) is 3. The predicted molar refractivity (Wildman–Crippen MR) is 95.9 cm³/mol. The van der Waals surface area contributed by atoms with Crippen LogP contribution in [0.5, 0.6) is 0 Å². The number of guanidine groups is 1. The quantitative estimate of drug-likeness (QED) is 0.427. The number of carbonyl (C=O) groups is 1. The van der Waals surface area contributed by atoms with Crippen LogP contribution in [-0.4, -0.2) is 41.7 Å². The van der Waals surface area contributed by atoms with E-state index in [1.807, 2.05) is 6.26 Å². The van der Waals surface area contributed by atoms with Crippen molar-refractivity contribution in [1.29, 1.82) is 0 Å². The van der Waals surface area contributed by atoms with Crippen LogP contribution in [-0.2, 0) is 4.79 Å². The van der Waals surface area contributed by atoms with Gasteiger partial charge in [-0.25, -0.2) is 4.99 Å². The molecule has 0 aromatic carbocycles. The lowest BCUT2D eigenvalue weighted by Gasteiger charge is -2.26. The molecule has 0 saturated carbocycles. The highest BCUT2D eigenvalue weighted by Crippen LogP contribution is 2.32. The van der Waals surface area contributed by atoms with Crippen LogP contribution < -0.4 is 10.5 Å². The molecule has 22 heavy (non-hydrogen) atoms. The number of hydrogen-bond acceptors (Lipinski definition) is 5. The first kappa shape index (κ1) is 19.3. The molecule has 1 aliphatic rings. The number of rotatable bonds is 12. The Hall–Kier alpha value is -0.750. The molecule has 1 aliphatic heterocycles. The van der Waals surface area contributed by atoms with Crippen molar-refractivity contribution in [2.75, 3.05) is 19.3 Å². The number of amides is 1. The van der Waals surface area contributed by atoms with Gasteiger partial charge < -0.3 is 5.73 Å². The maximum Gasteiger partial charge on any atom is 0.257 e. The van der Waals surface area contributed by atoms with Gasteiger partial charge in [0.2, 0.25) is 0 Å². The Labute approximate surface area is 139 Å². The molecule has 0 saturated heterocycles. The Kier molecular flexibility index (Phi) is 8.86. The van der Waals surface area contributed by atoms with Gasteiger partial charge in [-0.05, 0) is 31.9 Å². The maximum absolute atomic E-state index is 12.9. The Morgan fingerprint density at radius 1 is 1.18 bits per heavy atom. The van der Waals surface area contributed by atoms with Crippen LogP contribution in [0.2, 0.25) is 0 Å². The van der Waals surface area contributed by atoms with Crippen LogP contribution in [0.25, 0.3) is 0 Å². The lowest BCUT2D eigenvalue weighted by atomic mass is 9.87. The van der Waals surface area contributed by atoms with Crippen LogP contribution in [0.3, 0.4) is 0 Å². The molecule has 1 rings (SSSR count). The summed E-state index contributed by atoms with van der Waals surface area (Å²) in [4.78, 5) is 19.2. The molecule has 0 radical (unpaired) electrons. The standard InChI is InChI=1S/C16H32N4OS/c1-4-6-10-16(11-7-5-2)14(21)20(15(17)19-16)13-9-8-12-18-22-3/h18H,4-13H2,1-3H3,(H2,17,19). The van der Waals surface area contributed by atoms with Gasteiger partial charge in [0.1, 0.15) is 5.54 Å². The minimum absolute atomic E-state index is 0.129. The second-order valence-electron chi connectivity index (χ2n) is 5.97. The summed E-state index contributed by atoms with van der Waals surface area (Å²) >= 11 is 1.62. The average molecular weight is 329 g/mol. The van der Waals surface area contributed by atoms with E-state index in [1.165, 1.54) is 0 Å². The number of nitrogens with one attached hydrogen (secondary N) is 1. The highest BCUT2D eigenvalue weighted by Gasteiger charge is 2.46. The van der Waals surface area contributed by atoms with Crippen molar-refractivity contribution in [3.63, 3.8) is 0 Å². The van der Waals surface area contributed by atoms with E-state index in [0.717, 1.165) is 57.9 Å². The van der Waals surface area contributed by atoms with Crippen molar-refractivity contribution in [1.82, 2.24) is 9.62 Å². The van der Waals surface area contributed by atoms with E-state index in [0.29, 0.717) is 12.5 Å². The van der Waals surface area contributed by atoms with Gasteiger partial charge in [-0.1, -0.05) is 51.5 Å². The van der Waals surface area contributed by atoms with Gasteiger partial charge in [-0.3, -0.25) is 14.4 Å². The van der Waals surface area contributed by atoms with E-state index < -0.39 is 5.54 Å². The molecule has 0 aromatic rings. The van der Waals surface area contributed by atoms with Crippen LogP contribution in [0.4, 0.5) is 0 Å². The van der Waals surface area contributed by atoms with Crippen molar-refractivity contribution in [3.8, 4) is 0 Å². The molecule has 0 spiro atoms. The largest absolute Gasteiger partial charge is 0.369 e. The molecule has 3 N–H and O–H groups in total. The van der Waals surface area contributed by atoms with Crippen LogP contribution in [0, 0.1) is 0 Å². The second kappa shape index (κ2) is 10.1. The molecule has 0 bridgehead atoms. The first-order valence-electron chi connectivity index (χ1n) is 8.54. The summed E-state index contributed by atoms with van der Waals surface area (Å²) in [6.45, 7) is 5.94. The summed E-state index contributed by atoms with van der Waals surface area (Å²) in [5.74, 6) is 0.555. The van der Waals surface area contributed by atoms with Gasteiger partial charge in [0, 0.05) is 13.1 Å². The summed E-state index contributed by atoms with van der Waals surface area (Å²) in [5, 5.41) is 0.